The summed E-state index contributed by atoms with van der Waals surface area (Å²) in [6.45, 7) is 0. The molecule has 0 radical (unpaired) electrons. The molecule has 0 nitrogen and oxygen atoms in total. The molecule has 0 saturated heterocycles. The molecule has 63 heavy (non-hydrogen) atoms. The van der Waals surface area contributed by atoms with Crippen molar-refractivity contribution in [2.24, 2.45) is 0 Å². The van der Waals surface area contributed by atoms with Crippen LogP contribution in [0.1, 0.15) is 45.4 Å². The van der Waals surface area contributed by atoms with E-state index in [1.54, 1.807) is 0 Å². The van der Waals surface area contributed by atoms with Gasteiger partial charge in [-0.05, 0) is 157 Å². The Morgan fingerprint density at radius 3 is 1.67 bits per heavy atom. The van der Waals surface area contributed by atoms with Gasteiger partial charge in [-0.2, -0.15) is 0 Å². The molecule has 0 heterocycles. The maximum absolute atomic E-state index is 2.52. The number of rotatable bonds is 5. The molecule has 0 spiro atoms. The van der Waals surface area contributed by atoms with Crippen LogP contribution in [0.3, 0.4) is 0 Å². The molecular weight excluding hydrogens is 757 g/mol. The molecule has 0 bridgehead atoms. The van der Waals surface area contributed by atoms with E-state index in [9.17, 15) is 0 Å². The van der Waals surface area contributed by atoms with E-state index in [1.807, 2.05) is 0 Å². The Morgan fingerprint density at radius 1 is 0.365 bits per heavy atom. The van der Waals surface area contributed by atoms with Crippen LogP contribution in [-0.4, -0.2) is 0 Å². The Hall–Kier alpha value is -7.80. The van der Waals surface area contributed by atoms with E-state index in [1.165, 1.54) is 132 Å². The minimum Gasteiger partial charge on any atom is -0.0795 e. The summed E-state index contributed by atoms with van der Waals surface area (Å²) in [5.74, 6) is 0. The Balaban J connectivity index is 0.940. The lowest BCUT2D eigenvalue weighted by molar-refractivity contribution is 0.769. The SMILES string of the molecule is C1=Cc2ccc3c(-c4ccc5c(c4)C(c4ccccc4)(c4ccccc4)c4cc(-c6ccc(-c7ccc8ccc9cccc%10ccc7c8c9%10)cc6)ccc4-5)ccc4c3c2C(=CC4)C1. The second kappa shape index (κ2) is 13.1. The lowest BCUT2D eigenvalue weighted by atomic mass is 9.67. The minimum absolute atomic E-state index is 0.526. The number of hydrogen-bond acceptors (Lipinski definition) is 0. The Bertz CT molecular complexity index is 3700. The first-order valence-electron chi connectivity index (χ1n) is 22.4. The van der Waals surface area contributed by atoms with Crippen molar-refractivity contribution in [1.82, 2.24) is 0 Å². The molecule has 0 N–H and O–H groups in total. The molecule has 0 aliphatic heterocycles. The monoisotopic (exact) mass is 796 g/mol. The first-order valence-corrected chi connectivity index (χ1v) is 22.4. The van der Waals surface area contributed by atoms with E-state index in [0.29, 0.717) is 0 Å². The van der Waals surface area contributed by atoms with Gasteiger partial charge in [-0.3, -0.25) is 0 Å². The second-order valence-corrected chi connectivity index (χ2v) is 17.8. The Morgan fingerprint density at radius 2 is 0.921 bits per heavy atom. The van der Waals surface area contributed by atoms with Gasteiger partial charge in [0.1, 0.15) is 0 Å². The number of hydrogen-bond donors (Lipinski definition) is 0. The van der Waals surface area contributed by atoms with Crippen LogP contribution in [0.2, 0.25) is 0 Å². The van der Waals surface area contributed by atoms with Crippen molar-refractivity contribution in [2.75, 3.05) is 0 Å². The normalized spacial score (nSPS) is 14.4. The van der Waals surface area contributed by atoms with Crippen LogP contribution in [0.25, 0.3) is 99.2 Å². The first-order chi connectivity index (χ1) is 31.2. The van der Waals surface area contributed by atoms with E-state index < -0.39 is 5.41 Å². The maximum Gasteiger partial charge on any atom is 0.0713 e. The molecule has 292 valence electrons. The topological polar surface area (TPSA) is 0 Å². The molecule has 0 aromatic heterocycles. The van der Waals surface area contributed by atoms with Crippen molar-refractivity contribution in [2.45, 2.75) is 18.3 Å². The highest BCUT2D eigenvalue weighted by atomic mass is 14.5. The molecule has 0 atom stereocenters. The fraction of sp³-hybridized carbons (Fsp3) is 0.0476. The molecule has 0 saturated carbocycles. The Labute approximate surface area is 367 Å². The predicted octanol–water partition coefficient (Wildman–Crippen LogP) is 16.5. The number of fused-ring (bicyclic) bond motifs is 3. The van der Waals surface area contributed by atoms with E-state index >= 15 is 0 Å². The van der Waals surface area contributed by atoms with Crippen molar-refractivity contribution >= 4 is 54.7 Å². The zero-order valence-electron chi connectivity index (χ0n) is 34.7. The van der Waals surface area contributed by atoms with Crippen LogP contribution in [0.15, 0.2) is 212 Å². The molecule has 3 aliphatic rings. The van der Waals surface area contributed by atoms with Gasteiger partial charge in [0, 0.05) is 0 Å². The van der Waals surface area contributed by atoms with Gasteiger partial charge >= 0.3 is 0 Å². The molecule has 14 rings (SSSR count). The lowest BCUT2D eigenvalue weighted by Crippen LogP contribution is -2.28. The van der Waals surface area contributed by atoms with Gasteiger partial charge in [-0.25, -0.2) is 0 Å². The third-order valence-electron chi connectivity index (χ3n) is 14.7. The van der Waals surface area contributed by atoms with E-state index in [0.717, 1.165) is 12.8 Å². The zero-order valence-corrected chi connectivity index (χ0v) is 34.7. The summed E-state index contributed by atoms with van der Waals surface area (Å²) in [6.07, 6.45) is 9.07. The van der Waals surface area contributed by atoms with Gasteiger partial charge < -0.3 is 0 Å². The molecule has 0 fully saturated rings. The maximum atomic E-state index is 2.52. The van der Waals surface area contributed by atoms with Crippen LogP contribution in [0.5, 0.6) is 0 Å². The smallest absolute Gasteiger partial charge is 0.0713 e. The fourth-order valence-corrected chi connectivity index (χ4v) is 11.9. The fourth-order valence-electron chi connectivity index (χ4n) is 11.9. The third kappa shape index (κ3) is 4.87. The van der Waals surface area contributed by atoms with Gasteiger partial charge in [-0.15, -0.1) is 0 Å². The third-order valence-corrected chi connectivity index (χ3v) is 14.7. The average molecular weight is 797 g/mol. The molecule has 0 heteroatoms. The molecular formula is C63H40. The average Bonchev–Trinajstić information content (AvgIpc) is 3.65. The van der Waals surface area contributed by atoms with E-state index in [4.69, 9.17) is 0 Å². The quantitative estimate of drug-likeness (QED) is 0.152. The standard InChI is InChI=1S/C63H40/c1-3-13-49(14-4-1)63(50-15-5-2-6-16-50)57-37-47(39-17-19-40(20-18-39)51-31-25-45-23-21-41-9-7-11-43-27-35-55(51)61(45)59(41)43)29-33-53(57)54-34-30-48(38-58(54)63)52-32-26-46-24-22-42-10-8-12-44-28-36-56(52)62(46)60(42)44/h1-9,11-23,25-38H,10,24H2. The van der Waals surface area contributed by atoms with Gasteiger partial charge in [0.05, 0.1) is 5.41 Å². The van der Waals surface area contributed by atoms with Crippen LogP contribution in [0, 0.1) is 0 Å². The zero-order chi connectivity index (χ0) is 41.2. The van der Waals surface area contributed by atoms with Gasteiger partial charge in [0.25, 0.3) is 0 Å². The van der Waals surface area contributed by atoms with Crippen molar-refractivity contribution in [3.8, 4) is 44.5 Å². The van der Waals surface area contributed by atoms with Gasteiger partial charge in [0.15, 0.2) is 0 Å². The summed E-state index contributed by atoms with van der Waals surface area (Å²) in [6, 6.07) is 76.0. The molecule has 11 aromatic rings. The van der Waals surface area contributed by atoms with Crippen LogP contribution in [-0.2, 0) is 11.8 Å². The molecule has 3 aliphatic carbocycles. The number of benzene rings is 11. The summed E-state index contributed by atoms with van der Waals surface area (Å²) in [5, 5.41) is 10.7. The summed E-state index contributed by atoms with van der Waals surface area (Å²) in [4.78, 5) is 0. The van der Waals surface area contributed by atoms with Gasteiger partial charge in [0.2, 0.25) is 0 Å². The second-order valence-electron chi connectivity index (χ2n) is 17.8. The summed E-state index contributed by atoms with van der Waals surface area (Å²) in [5.41, 5.74) is 20.5. The van der Waals surface area contributed by atoms with Crippen LogP contribution < -0.4 is 0 Å². The van der Waals surface area contributed by atoms with Crippen molar-refractivity contribution in [3.63, 3.8) is 0 Å². The highest BCUT2D eigenvalue weighted by Crippen LogP contribution is 2.58. The highest BCUT2D eigenvalue weighted by molar-refractivity contribution is 6.25. The van der Waals surface area contributed by atoms with E-state index in [2.05, 4.69) is 218 Å². The lowest BCUT2D eigenvalue weighted by Gasteiger charge is -2.34. The van der Waals surface area contributed by atoms with Crippen LogP contribution in [0.4, 0.5) is 0 Å². The molecule has 0 amide bonds. The summed E-state index contributed by atoms with van der Waals surface area (Å²) in [7, 11) is 0. The summed E-state index contributed by atoms with van der Waals surface area (Å²) >= 11 is 0. The highest BCUT2D eigenvalue weighted by Gasteiger charge is 2.46. The first kappa shape index (κ1) is 34.9. The van der Waals surface area contributed by atoms with Gasteiger partial charge in [-0.1, -0.05) is 206 Å². The molecule has 0 unspecified atom stereocenters. The van der Waals surface area contributed by atoms with Crippen molar-refractivity contribution < 1.29 is 0 Å². The predicted molar refractivity (Wildman–Crippen MR) is 267 cm³/mol. The van der Waals surface area contributed by atoms with Crippen molar-refractivity contribution in [3.05, 3.63) is 251 Å². The van der Waals surface area contributed by atoms with Crippen LogP contribution >= 0.6 is 0 Å². The summed E-state index contributed by atoms with van der Waals surface area (Å²) < 4.78 is 0. The molecule has 11 aromatic carbocycles. The minimum atomic E-state index is -0.526. The number of allylic oxidation sites excluding steroid dienone is 3. The van der Waals surface area contributed by atoms with Crippen molar-refractivity contribution in [1.29, 1.82) is 0 Å². The Kier molecular flexibility index (Phi) is 7.25. The van der Waals surface area contributed by atoms with E-state index in [-0.39, 0.29) is 0 Å². The largest absolute Gasteiger partial charge is 0.0795 e.